The molecule has 7 heteroatoms. The Morgan fingerprint density at radius 1 is 1.14 bits per heavy atom. The summed E-state index contributed by atoms with van der Waals surface area (Å²) in [6.07, 6.45) is 2.01. The van der Waals surface area contributed by atoms with Crippen molar-refractivity contribution < 1.29 is 0 Å². The molecule has 6 nitrogen and oxygen atoms in total. The molecule has 2 heterocycles. The molecule has 2 N–H and O–H groups in total. The third-order valence-corrected chi connectivity index (χ3v) is 5.45. The Morgan fingerprint density at radius 3 is 2.64 bits per heavy atom. The van der Waals surface area contributed by atoms with Crippen molar-refractivity contribution in [2.75, 3.05) is 13.6 Å². The lowest BCUT2D eigenvalue weighted by molar-refractivity contribution is 0.735. The number of nitrogens with zero attached hydrogens (tertiary/aromatic N) is 4. The lowest BCUT2D eigenvalue weighted by atomic mass is 10.1. The van der Waals surface area contributed by atoms with Crippen molar-refractivity contribution in [2.45, 2.75) is 40.2 Å². The summed E-state index contributed by atoms with van der Waals surface area (Å²) in [4.78, 5) is 8.84. The van der Waals surface area contributed by atoms with Gasteiger partial charge >= 0.3 is 0 Å². The van der Waals surface area contributed by atoms with E-state index in [1.807, 2.05) is 24.6 Å². The average molecular weight is 397 g/mol. The van der Waals surface area contributed by atoms with Crippen LogP contribution in [0.4, 0.5) is 0 Å². The minimum Gasteiger partial charge on any atom is -0.356 e. The summed E-state index contributed by atoms with van der Waals surface area (Å²) in [7, 11) is 1.80. The third kappa shape index (κ3) is 5.19. The topological polar surface area (TPSA) is 67.1 Å². The van der Waals surface area contributed by atoms with Crippen molar-refractivity contribution >= 4 is 17.3 Å². The summed E-state index contributed by atoms with van der Waals surface area (Å²) in [5.41, 5.74) is 5.52. The van der Waals surface area contributed by atoms with Crippen molar-refractivity contribution in [2.24, 2.45) is 4.99 Å². The number of nitrogens with one attached hydrogen (secondary N) is 2. The highest BCUT2D eigenvalue weighted by Crippen LogP contribution is 2.17. The van der Waals surface area contributed by atoms with E-state index in [1.54, 1.807) is 18.4 Å². The number of hydrogen-bond acceptors (Lipinski definition) is 4. The van der Waals surface area contributed by atoms with E-state index in [1.165, 1.54) is 10.6 Å². The van der Waals surface area contributed by atoms with E-state index in [2.05, 4.69) is 62.3 Å². The maximum Gasteiger partial charge on any atom is 0.191 e. The van der Waals surface area contributed by atoms with E-state index in [0.717, 1.165) is 48.1 Å². The largest absolute Gasteiger partial charge is 0.356 e. The molecular formula is C21H28N6S. The summed E-state index contributed by atoms with van der Waals surface area (Å²) < 4.78 is 2.00. The molecule has 0 aliphatic heterocycles. The minimum atomic E-state index is 0.680. The fourth-order valence-electron chi connectivity index (χ4n) is 3.10. The number of aliphatic imine (C=N–C) groups is 1. The molecule has 0 aliphatic rings. The standard InChI is InChI=1S/C21H28N6S/c1-15-12-17(3)27(26-15)19-9-6-5-8-18(19)13-24-21(22-4)23-11-7-10-20-25-16(2)14-28-20/h5-6,8-9,12,14H,7,10-11,13H2,1-4H3,(H2,22,23,24). The molecule has 3 rings (SSSR count). The number of para-hydroxylation sites is 1. The van der Waals surface area contributed by atoms with Gasteiger partial charge < -0.3 is 10.6 Å². The van der Waals surface area contributed by atoms with Crippen molar-refractivity contribution in [3.8, 4) is 5.69 Å². The lowest BCUT2D eigenvalue weighted by Crippen LogP contribution is -2.37. The molecule has 0 bridgehead atoms. The van der Waals surface area contributed by atoms with Gasteiger partial charge in [-0.2, -0.15) is 5.10 Å². The Labute approximate surface area is 170 Å². The van der Waals surface area contributed by atoms with Gasteiger partial charge in [0.15, 0.2) is 5.96 Å². The number of hydrogen-bond donors (Lipinski definition) is 2. The van der Waals surface area contributed by atoms with Gasteiger partial charge in [0.1, 0.15) is 0 Å². The summed E-state index contributed by atoms with van der Waals surface area (Å²) in [6.45, 7) is 7.67. The van der Waals surface area contributed by atoms with Gasteiger partial charge in [-0.05, 0) is 44.9 Å². The quantitative estimate of drug-likeness (QED) is 0.364. The van der Waals surface area contributed by atoms with Gasteiger partial charge in [0.25, 0.3) is 0 Å². The molecule has 0 fully saturated rings. The zero-order chi connectivity index (χ0) is 19.9. The number of thiazole rings is 1. The maximum atomic E-state index is 4.62. The Balaban J connectivity index is 1.54. The molecule has 0 amide bonds. The minimum absolute atomic E-state index is 0.680. The van der Waals surface area contributed by atoms with Crippen molar-refractivity contribution in [1.29, 1.82) is 0 Å². The van der Waals surface area contributed by atoms with Crippen LogP contribution in [-0.2, 0) is 13.0 Å². The predicted octanol–water partition coefficient (Wildman–Crippen LogP) is 3.55. The molecule has 0 radical (unpaired) electrons. The van der Waals surface area contributed by atoms with Crippen LogP contribution in [0.5, 0.6) is 0 Å². The van der Waals surface area contributed by atoms with Crippen molar-refractivity contribution in [3.05, 3.63) is 63.4 Å². The Bertz CT molecular complexity index is 940. The van der Waals surface area contributed by atoms with Crippen LogP contribution in [0.1, 0.15) is 34.1 Å². The van der Waals surface area contributed by atoms with E-state index in [4.69, 9.17) is 0 Å². The molecule has 0 aliphatic carbocycles. The first-order valence-corrected chi connectivity index (χ1v) is 10.4. The summed E-state index contributed by atoms with van der Waals surface area (Å²) in [5.74, 6) is 0.804. The van der Waals surface area contributed by atoms with Gasteiger partial charge in [0.05, 0.1) is 16.4 Å². The zero-order valence-corrected chi connectivity index (χ0v) is 17.8. The smallest absolute Gasteiger partial charge is 0.191 e. The number of rotatable bonds is 7. The second-order valence-corrected chi connectivity index (χ2v) is 7.75. The van der Waals surface area contributed by atoms with Crippen LogP contribution < -0.4 is 10.6 Å². The molecule has 0 saturated heterocycles. The molecule has 3 aromatic rings. The van der Waals surface area contributed by atoms with Gasteiger partial charge in [-0.1, -0.05) is 18.2 Å². The first kappa shape index (κ1) is 20.1. The van der Waals surface area contributed by atoms with Crippen LogP contribution in [0.15, 0.2) is 40.7 Å². The highest BCUT2D eigenvalue weighted by Gasteiger charge is 2.09. The highest BCUT2D eigenvalue weighted by molar-refractivity contribution is 7.09. The van der Waals surface area contributed by atoms with E-state index >= 15 is 0 Å². The summed E-state index contributed by atoms with van der Waals surface area (Å²) in [5, 5.41) is 14.7. The Hall–Kier alpha value is -2.67. The van der Waals surface area contributed by atoms with E-state index in [0.29, 0.717) is 6.54 Å². The van der Waals surface area contributed by atoms with Crippen LogP contribution in [-0.4, -0.2) is 34.3 Å². The first-order valence-electron chi connectivity index (χ1n) is 9.54. The molecule has 0 atom stereocenters. The molecular weight excluding hydrogens is 368 g/mol. The number of benzene rings is 1. The van der Waals surface area contributed by atoms with Gasteiger partial charge in [-0.15, -0.1) is 11.3 Å². The SMILES string of the molecule is CN=C(NCCCc1nc(C)cs1)NCc1ccccc1-n1nc(C)cc1C. The first-order chi connectivity index (χ1) is 13.6. The van der Waals surface area contributed by atoms with Gasteiger partial charge in [0, 0.05) is 43.3 Å². The van der Waals surface area contributed by atoms with Crippen LogP contribution >= 0.6 is 11.3 Å². The molecule has 28 heavy (non-hydrogen) atoms. The van der Waals surface area contributed by atoms with Gasteiger partial charge in [-0.3, -0.25) is 4.99 Å². The Kier molecular flexibility index (Phi) is 6.81. The normalized spacial score (nSPS) is 11.6. The molecule has 1 aromatic carbocycles. The van der Waals surface area contributed by atoms with Crippen LogP contribution in [0, 0.1) is 20.8 Å². The van der Waals surface area contributed by atoms with E-state index in [9.17, 15) is 0 Å². The lowest BCUT2D eigenvalue weighted by Gasteiger charge is -2.15. The van der Waals surface area contributed by atoms with E-state index in [-0.39, 0.29) is 0 Å². The van der Waals surface area contributed by atoms with E-state index < -0.39 is 0 Å². The van der Waals surface area contributed by atoms with Gasteiger partial charge in [-0.25, -0.2) is 9.67 Å². The molecule has 2 aromatic heterocycles. The number of aromatic nitrogens is 3. The highest BCUT2D eigenvalue weighted by atomic mass is 32.1. The summed E-state index contributed by atoms with van der Waals surface area (Å²) in [6, 6.07) is 10.4. The fourth-order valence-corrected chi connectivity index (χ4v) is 3.92. The predicted molar refractivity (Wildman–Crippen MR) is 116 cm³/mol. The average Bonchev–Trinajstić information content (AvgIpc) is 3.25. The number of guanidine groups is 1. The zero-order valence-electron chi connectivity index (χ0n) is 17.0. The van der Waals surface area contributed by atoms with Crippen molar-refractivity contribution in [1.82, 2.24) is 25.4 Å². The molecule has 148 valence electrons. The molecule has 0 saturated carbocycles. The van der Waals surface area contributed by atoms with Gasteiger partial charge in [0.2, 0.25) is 0 Å². The third-order valence-electron chi connectivity index (χ3n) is 4.43. The van der Waals surface area contributed by atoms with Crippen molar-refractivity contribution in [3.63, 3.8) is 0 Å². The molecule has 0 unspecified atom stereocenters. The number of aryl methyl sites for hydroxylation is 4. The Morgan fingerprint density at radius 2 is 1.96 bits per heavy atom. The second kappa shape index (κ2) is 9.50. The van der Waals surface area contributed by atoms with Crippen LogP contribution in [0.3, 0.4) is 0 Å². The fraction of sp³-hybridized carbons (Fsp3) is 0.381. The maximum absolute atomic E-state index is 4.62. The summed E-state index contributed by atoms with van der Waals surface area (Å²) >= 11 is 1.73. The molecule has 0 spiro atoms. The van der Waals surface area contributed by atoms with Crippen LogP contribution in [0.2, 0.25) is 0 Å². The second-order valence-electron chi connectivity index (χ2n) is 6.81. The monoisotopic (exact) mass is 396 g/mol. The van der Waals surface area contributed by atoms with Crippen LogP contribution in [0.25, 0.3) is 5.69 Å².